The fourth-order valence-electron chi connectivity index (χ4n) is 2.30. The van der Waals surface area contributed by atoms with Gasteiger partial charge in [0, 0.05) is 17.6 Å². The van der Waals surface area contributed by atoms with Gasteiger partial charge in [-0.1, -0.05) is 15.9 Å². The maximum Gasteiger partial charge on any atom is 0.261 e. The van der Waals surface area contributed by atoms with Crippen molar-refractivity contribution in [1.82, 2.24) is 10.2 Å². The highest BCUT2D eigenvalue weighted by Crippen LogP contribution is 2.23. The molecule has 0 saturated carbocycles. The zero-order valence-corrected chi connectivity index (χ0v) is 14.4. The van der Waals surface area contributed by atoms with Gasteiger partial charge in [0.25, 0.3) is 5.91 Å². The molecular formula is C15H19BrN2O2S. The Morgan fingerprint density at radius 2 is 2.10 bits per heavy atom. The average Bonchev–Trinajstić information content (AvgIpc) is 2.50. The van der Waals surface area contributed by atoms with E-state index in [4.69, 9.17) is 17.0 Å². The highest BCUT2D eigenvalue weighted by molar-refractivity contribution is 9.10. The van der Waals surface area contributed by atoms with E-state index < -0.39 is 0 Å². The summed E-state index contributed by atoms with van der Waals surface area (Å²) in [7, 11) is 0. The number of benzene rings is 1. The van der Waals surface area contributed by atoms with E-state index in [0.29, 0.717) is 23.0 Å². The topological polar surface area (TPSA) is 41.6 Å². The molecule has 0 aromatic heterocycles. The van der Waals surface area contributed by atoms with Gasteiger partial charge in [0.2, 0.25) is 0 Å². The molecule has 6 heteroatoms. The Kier molecular flexibility index (Phi) is 5.99. The van der Waals surface area contributed by atoms with Crippen LogP contribution in [-0.4, -0.2) is 35.6 Å². The first-order chi connectivity index (χ1) is 10.1. The first-order valence-electron chi connectivity index (χ1n) is 7.14. The Balaban J connectivity index is 2.08. The molecule has 0 atom stereocenters. The smallest absolute Gasteiger partial charge is 0.261 e. The van der Waals surface area contributed by atoms with Crippen LogP contribution in [0.4, 0.5) is 0 Å². The fraction of sp³-hybridized carbons (Fsp3) is 0.467. The van der Waals surface area contributed by atoms with E-state index in [0.717, 1.165) is 30.4 Å². The molecule has 114 valence electrons. The molecular weight excluding hydrogens is 352 g/mol. The number of amides is 1. The molecule has 1 N–H and O–H groups in total. The summed E-state index contributed by atoms with van der Waals surface area (Å²) in [5.74, 6) is 0.343. The Morgan fingerprint density at radius 1 is 1.38 bits per heavy atom. The van der Waals surface area contributed by atoms with Crippen LogP contribution < -0.4 is 10.1 Å². The van der Waals surface area contributed by atoms with Crippen LogP contribution in [-0.2, 0) is 0 Å². The van der Waals surface area contributed by atoms with E-state index in [1.165, 1.54) is 6.42 Å². The molecule has 1 heterocycles. The lowest BCUT2D eigenvalue weighted by Crippen LogP contribution is -2.45. The number of rotatable bonds is 3. The molecule has 1 aromatic carbocycles. The minimum atomic E-state index is -0.227. The summed E-state index contributed by atoms with van der Waals surface area (Å²) in [5.41, 5.74) is 0.491. The third-order valence-electron chi connectivity index (χ3n) is 3.35. The molecule has 0 aliphatic carbocycles. The lowest BCUT2D eigenvalue weighted by molar-refractivity contribution is 0.0968. The second-order valence-corrected chi connectivity index (χ2v) is 6.18. The van der Waals surface area contributed by atoms with E-state index in [1.54, 1.807) is 12.1 Å². The normalized spacial score (nSPS) is 14.7. The molecule has 0 radical (unpaired) electrons. The highest BCUT2D eigenvalue weighted by Gasteiger charge is 2.18. The van der Waals surface area contributed by atoms with E-state index in [1.807, 2.05) is 13.0 Å². The fourth-order valence-corrected chi connectivity index (χ4v) is 2.94. The Morgan fingerprint density at radius 3 is 2.76 bits per heavy atom. The SMILES string of the molecule is CCOc1ccc(Br)cc1C(=O)NC(=S)N1CCCCC1. The average molecular weight is 371 g/mol. The van der Waals surface area contributed by atoms with Crippen LogP contribution in [0.3, 0.4) is 0 Å². The van der Waals surface area contributed by atoms with Gasteiger partial charge >= 0.3 is 0 Å². The van der Waals surface area contributed by atoms with Crippen LogP contribution in [0.5, 0.6) is 5.75 Å². The highest BCUT2D eigenvalue weighted by atomic mass is 79.9. The zero-order chi connectivity index (χ0) is 15.2. The third kappa shape index (κ3) is 4.41. The van der Waals surface area contributed by atoms with E-state index >= 15 is 0 Å². The van der Waals surface area contributed by atoms with Crippen LogP contribution in [0.1, 0.15) is 36.5 Å². The minimum absolute atomic E-state index is 0.227. The van der Waals surface area contributed by atoms with Crippen LogP contribution in [0.15, 0.2) is 22.7 Å². The number of nitrogens with zero attached hydrogens (tertiary/aromatic N) is 1. The van der Waals surface area contributed by atoms with Crippen molar-refractivity contribution in [3.8, 4) is 5.75 Å². The van der Waals surface area contributed by atoms with Gasteiger partial charge < -0.3 is 9.64 Å². The summed E-state index contributed by atoms with van der Waals surface area (Å²) in [4.78, 5) is 14.5. The van der Waals surface area contributed by atoms with Crippen LogP contribution in [0.2, 0.25) is 0 Å². The van der Waals surface area contributed by atoms with Gasteiger partial charge in [0.05, 0.1) is 12.2 Å². The Hall–Kier alpha value is -1.14. The molecule has 0 unspecified atom stereocenters. The second-order valence-electron chi connectivity index (χ2n) is 4.88. The number of thiocarbonyl (C=S) groups is 1. The summed E-state index contributed by atoms with van der Waals surface area (Å²) < 4.78 is 6.33. The third-order valence-corrected chi connectivity index (χ3v) is 4.20. The molecule has 0 spiro atoms. The van der Waals surface area contributed by atoms with Crippen molar-refractivity contribution in [3.63, 3.8) is 0 Å². The van der Waals surface area contributed by atoms with Gasteiger partial charge in [-0.2, -0.15) is 0 Å². The summed E-state index contributed by atoms with van der Waals surface area (Å²) in [6.07, 6.45) is 3.47. The summed E-state index contributed by atoms with van der Waals surface area (Å²) in [5, 5.41) is 3.31. The van der Waals surface area contributed by atoms with E-state index in [2.05, 4.69) is 26.1 Å². The molecule has 1 aliphatic rings. The summed E-state index contributed by atoms with van der Waals surface area (Å²) >= 11 is 8.71. The molecule has 1 saturated heterocycles. The van der Waals surface area contributed by atoms with Crippen molar-refractivity contribution in [3.05, 3.63) is 28.2 Å². The van der Waals surface area contributed by atoms with Gasteiger partial charge in [0.15, 0.2) is 5.11 Å². The van der Waals surface area contributed by atoms with E-state index in [-0.39, 0.29) is 5.91 Å². The second kappa shape index (κ2) is 7.75. The molecule has 1 aliphatic heterocycles. The van der Waals surface area contributed by atoms with Crippen molar-refractivity contribution >= 4 is 39.2 Å². The summed E-state index contributed by atoms with van der Waals surface area (Å²) in [6.45, 7) is 4.23. The summed E-state index contributed by atoms with van der Waals surface area (Å²) in [6, 6.07) is 5.39. The van der Waals surface area contributed by atoms with Crippen LogP contribution in [0, 0.1) is 0 Å². The van der Waals surface area contributed by atoms with Crippen LogP contribution in [0.25, 0.3) is 0 Å². The van der Waals surface area contributed by atoms with Gasteiger partial charge in [0.1, 0.15) is 5.75 Å². The van der Waals surface area contributed by atoms with Crippen molar-refractivity contribution in [1.29, 1.82) is 0 Å². The van der Waals surface area contributed by atoms with E-state index in [9.17, 15) is 4.79 Å². The zero-order valence-electron chi connectivity index (χ0n) is 12.0. The van der Waals surface area contributed by atoms with Gasteiger partial charge in [-0.05, 0) is 56.6 Å². The first kappa shape index (κ1) is 16.2. The largest absolute Gasteiger partial charge is 0.493 e. The predicted molar refractivity (Wildman–Crippen MR) is 90.8 cm³/mol. The van der Waals surface area contributed by atoms with Crippen molar-refractivity contribution in [2.24, 2.45) is 0 Å². The number of nitrogens with one attached hydrogen (secondary N) is 1. The molecule has 1 amide bonds. The Bertz CT molecular complexity index is 530. The maximum absolute atomic E-state index is 12.4. The number of ether oxygens (including phenoxy) is 1. The molecule has 0 bridgehead atoms. The lowest BCUT2D eigenvalue weighted by atomic mass is 10.1. The minimum Gasteiger partial charge on any atom is -0.493 e. The number of piperidine rings is 1. The van der Waals surface area contributed by atoms with Gasteiger partial charge in [-0.15, -0.1) is 0 Å². The number of carbonyl (C=O) groups is 1. The number of hydrogen-bond donors (Lipinski definition) is 1. The quantitative estimate of drug-likeness (QED) is 0.828. The molecule has 1 fully saturated rings. The monoisotopic (exact) mass is 370 g/mol. The van der Waals surface area contributed by atoms with Gasteiger partial charge in [-0.25, -0.2) is 0 Å². The number of halogens is 1. The predicted octanol–water partition coefficient (Wildman–Crippen LogP) is 3.35. The Labute approximate surface area is 139 Å². The molecule has 4 nitrogen and oxygen atoms in total. The van der Waals surface area contributed by atoms with Gasteiger partial charge in [-0.3, -0.25) is 10.1 Å². The molecule has 1 aromatic rings. The maximum atomic E-state index is 12.4. The number of hydrogen-bond acceptors (Lipinski definition) is 3. The van der Waals surface area contributed by atoms with Crippen LogP contribution >= 0.6 is 28.1 Å². The first-order valence-corrected chi connectivity index (χ1v) is 8.34. The number of carbonyl (C=O) groups excluding carboxylic acids is 1. The number of likely N-dealkylation sites (tertiary alicyclic amines) is 1. The van der Waals surface area contributed by atoms with Crippen molar-refractivity contribution in [2.75, 3.05) is 19.7 Å². The van der Waals surface area contributed by atoms with Crippen molar-refractivity contribution < 1.29 is 9.53 Å². The lowest BCUT2D eigenvalue weighted by Gasteiger charge is -2.29. The molecule has 2 rings (SSSR count). The standard InChI is InChI=1S/C15H19BrN2O2S/c1-2-20-13-7-6-11(16)10-12(13)14(19)17-15(21)18-8-4-3-5-9-18/h6-7,10H,2-5,8-9H2,1H3,(H,17,19,21). The molecule has 21 heavy (non-hydrogen) atoms. The van der Waals surface area contributed by atoms with Crippen molar-refractivity contribution in [2.45, 2.75) is 26.2 Å².